The number of rotatable bonds is 7. The lowest BCUT2D eigenvalue weighted by atomic mass is 10.1. The molecule has 1 heterocycles. The summed E-state index contributed by atoms with van der Waals surface area (Å²) in [5.74, 6) is -1.11. The number of ether oxygens (including phenoxy) is 1. The standard InChI is InChI=1S/C12H18N2O5S/c1-8(2)10(7-19-3)14-20(17,18)11-5-4-9(6-13-11)12(15)16/h4-6,8,10,14H,7H2,1-3H3,(H,15,16). The first-order chi connectivity index (χ1) is 9.27. The van der Waals surface area contributed by atoms with E-state index in [9.17, 15) is 13.2 Å². The second-order valence-electron chi connectivity index (χ2n) is 4.62. The number of nitrogens with zero attached hydrogens (tertiary/aromatic N) is 1. The van der Waals surface area contributed by atoms with Gasteiger partial charge in [0, 0.05) is 19.3 Å². The fraction of sp³-hybridized carbons (Fsp3) is 0.500. The van der Waals surface area contributed by atoms with Crippen molar-refractivity contribution in [2.24, 2.45) is 5.92 Å². The van der Waals surface area contributed by atoms with E-state index in [1.54, 1.807) is 0 Å². The predicted molar refractivity (Wildman–Crippen MR) is 72.0 cm³/mol. The minimum Gasteiger partial charge on any atom is -0.478 e. The minimum absolute atomic E-state index is 0.0445. The monoisotopic (exact) mass is 302 g/mol. The van der Waals surface area contributed by atoms with E-state index in [1.165, 1.54) is 13.2 Å². The van der Waals surface area contributed by atoms with Gasteiger partial charge in [0.1, 0.15) is 0 Å². The molecule has 2 N–H and O–H groups in total. The maximum atomic E-state index is 12.1. The van der Waals surface area contributed by atoms with Crippen molar-refractivity contribution in [3.05, 3.63) is 23.9 Å². The van der Waals surface area contributed by atoms with Crippen molar-refractivity contribution in [1.82, 2.24) is 9.71 Å². The highest BCUT2D eigenvalue weighted by atomic mass is 32.2. The summed E-state index contributed by atoms with van der Waals surface area (Å²) >= 11 is 0. The smallest absolute Gasteiger partial charge is 0.337 e. The Balaban J connectivity index is 2.95. The number of hydrogen-bond donors (Lipinski definition) is 2. The third-order valence-corrected chi connectivity index (χ3v) is 4.12. The molecule has 112 valence electrons. The van der Waals surface area contributed by atoms with Crippen molar-refractivity contribution in [3.63, 3.8) is 0 Å². The van der Waals surface area contributed by atoms with Crippen molar-refractivity contribution >= 4 is 16.0 Å². The summed E-state index contributed by atoms with van der Waals surface area (Å²) in [5.41, 5.74) is -0.0683. The zero-order chi connectivity index (χ0) is 15.3. The summed E-state index contributed by atoms with van der Waals surface area (Å²) in [6.07, 6.45) is 1.01. The molecule has 1 aromatic rings. The molecule has 1 rings (SSSR count). The lowest BCUT2D eigenvalue weighted by Crippen LogP contribution is -2.41. The van der Waals surface area contributed by atoms with E-state index in [1.807, 2.05) is 13.8 Å². The highest BCUT2D eigenvalue weighted by molar-refractivity contribution is 7.89. The van der Waals surface area contributed by atoms with Crippen LogP contribution in [0.15, 0.2) is 23.4 Å². The first-order valence-corrected chi connectivity index (χ1v) is 7.47. The van der Waals surface area contributed by atoms with E-state index in [0.717, 1.165) is 12.3 Å². The first kappa shape index (κ1) is 16.5. The maximum Gasteiger partial charge on any atom is 0.337 e. The number of nitrogens with one attached hydrogen (secondary N) is 1. The van der Waals surface area contributed by atoms with Crippen LogP contribution in [-0.4, -0.2) is 44.2 Å². The minimum atomic E-state index is -3.80. The second kappa shape index (κ2) is 6.78. The van der Waals surface area contributed by atoms with Crippen LogP contribution >= 0.6 is 0 Å². The molecule has 0 aliphatic rings. The van der Waals surface area contributed by atoms with Gasteiger partial charge in [-0.3, -0.25) is 0 Å². The number of carboxylic acid groups (broad SMARTS) is 1. The Bertz CT molecular complexity index is 554. The van der Waals surface area contributed by atoms with Crippen molar-refractivity contribution in [2.75, 3.05) is 13.7 Å². The van der Waals surface area contributed by atoms with Gasteiger partial charge < -0.3 is 9.84 Å². The van der Waals surface area contributed by atoms with E-state index in [2.05, 4.69) is 9.71 Å². The van der Waals surface area contributed by atoms with Gasteiger partial charge in [-0.1, -0.05) is 13.8 Å². The second-order valence-corrected chi connectivity index (χ2v) is 6.28. The normalized spacial score (nSPS) is 13.4. The largest absolute Gasteiger partial charge is 0.478 e. The van der Waals surface area contributed by atoms with Crippen LogP contribution in [0.25, 0.3) is 0 Å². The molecule has 8 heteroatoms. The molecule has 0 saturated heterocycles. The Kier molecular flexibility index (Phi) is 5.61. The van der Waals surface area contributed by atoms with Gasteiger partial charge >= 0.3 is 5.97 Å². The van der Waals surface area contributed by atoms with Gasteiger partial charge in [0.25, 0.3) is 10.0 Å². The van der Waals surface area contributed by atoms with Crippen LogP contribution in [0, 0.1) is 5.92 Å². The van der Waals surface area contributed by atoms with E-state index >= 15 is 0 Å². The van der Waals surface area contributed by atoms with E-state index in [4.69, 9.17) is 9.84 Å². The number of hydrogen-bond acceptors (Lipinski definition) is 5. The summed E-state index contributed by atoms with van der Waals surface area (Å²) < 4.78 is 31.7. The molecule has 1 unspecified atom stereocenters. The van der Waals surface area contributed by atoms with Gasteiger partial charge in [-0.05, 0) is 18.1 Å². The Morgan fingerprint density at radius 2 is 2.10 bits per heavy atom. The zero-order valence-electron chi connectivity index (χ0n) is 11.5. The average molecular weight is 302 g/mol. The SMILES string of the molecule is COCC(NS(=O)(=O)c1ccc(C(=O)O)cn1)C(C)C. The predicted octanol–water partition coefficient (Wildman–Crippen LogP) is 0.729. The molecule has 0 aromatic carbocycles. The van der Waals surface area contributed by atoms with Gasteiger partial charge in [-0.25, -0.2) is 22.9 Å². The van der Waals surface area contributed by atoms with Gasteiger partial charge in [0.2, 0.25) is 0 Å². The van der Waals surface area contributed by atoms with Crippen molar-refractivity contribution in [3.8, 4) is 0 Å². The number of sulfonamides is 1. The summed E-state index contributed by atoms with van der Waals surface area (Å²) in [5, 5.41) is 8.53. The molecule has 1 atom stereocenters. The molecule has 0 bridgehead atoms. The number of pyridine rings is 1. The lowest BCUT2D eigenvalue weighted by molar-refractivity contribution is 0.0696. The Labute approximate surface area is 118 Å². The van der Waals surface area contributed by atoms with Gasteiger partial charge in [0.15, 0.2) is 5.03 Å². The number of carboxylic acids is 1. The number of aromatic carboxylic acids is 1. The van der Waals surface area contributed by atoms with Crippen LogP contribution in [0.1, 0.15) is 24.2 Å². The number of aromatic nitrogens is 1. The molecule has 0 fully saturated rings. The molecular formula is C12H18N2O5S. The van der Waals surface area contributed by atoms with Crippen LogP contribution in [0.4, 0.5) is 0 Å². The lowest BCUT2D eigenvalue weighted by Gasteiger charge is -2.21. The molecule has 0 amide bonds. The fourth-order valence-corrected chi connectivity index (χ4v) is 2.77. The van der Waals surface area contributed by atoms with E-state index in [0.29, 0.717) is 0 Å². The third kappa shape index (κ3) is 4.26. The fourth-order valence-electron chi connectivity index (χ4n) is 1.47. The summed E-state index contributed by atoms with van der Waals surface area (Å²) in [7, 11) is -2.31. The van der Waals surface area contributed by atoms with Crippen LogP contribution in [0.3, 0.4) is 0 Å². The van der Waals surface area contributed by atoms with Gasteiger partial charge in [-0.15, -0.1) is 0 Å². The van der Waals surface area contributed by atoms with Crippen LogP contribution < -0.4 is 4.72 Å². The Morgan fingerprint density at radius 3 is 2.50 bits per heavy atom. The molecule has 0 spiro atoms. The zero-order valence-corrected chi connectivity index (χ0v) is 12.3. The summed E-state index contributed by atoms with van der Waals surface area (Å²) in [4.78, 5) is 14.4. The molecular weight excluding hydrogens is 284 g/mol. The first-order valence-electron chi connectivity index (χ1n) is 5.98. The molecule has 20 heavy (non-hydrogen) atoms. The maximum absolute atomic E-state index is 12.1. The van der Waals surface area contributed by atoms with Crippen LogP contribution in [0.2, 0.25) is 0 Å². The Morgan fingerprint density at radius 1 is 1.45 bits per heavy atom. The molecule has 7 nitrogen and oxygen atoms in total. The van der Waals surface area contributed by atoms with Crippen LogP contribution in [0.5, 0.6) is 0 Å². The Hall–Kier alpha value is -1.51. The molecule has 1 aromatic heterocycles. The molecule has 0 radical (unpaired) electrons. The van der Waals surface area contributed by atoms with E-state index < -0.39 is 16.0 Å². The highest BCUT2D eigenvalue weighted by Crippen LogP contribution is 2.10. The van der Waals surface area contributed by atoms with Gasteiger partial charge in [0.05, 0.1) is 12.2 Å². The van der Waals surface area contributed by atoms with Gasteiger partial charge in [-0.2, -0.15) is 0 Å². The van der Waals surface area contributed by atoms with Crippen molar-refractivity contribution in [1.29, 1.82) is 0 Å². The van der Waals surface area contributed by atoms with Crippen LogP contribution in [-0.2, 0) is 14.8 Å². The molecule has 0 aliphatic heterocycles. The average Bonchev–Trinajstić information content (AvgIpc) is 2.38. The van der Waals surface area contributed by atoms with Crippen molar-refractivity contribution < 1.29 is 23.1 Å². The molecule has 0 saturated carbocycles. The topological polar surface area (TPSA) is 106 Å². The number of carbonyl (C=O) groups is 1. The molecule has 0 aliphatic carbocycles. The number of methoxy groups -OCH3 is 1. The summed E-state index contributed by atoms with van der Waals surface area (Å²) in [6, 6.07) is 1.98. The quantitative estimate of drug-likeness (QED) is 0.769. The highest BCUT2D eigenvalue weighted by Gasteiger charge is 2.23. The van der Waals surface area contributed by atoms with E-state index in [-0.39, 0.29) is 29.2 Å². The third-order valence-electron chi connectivity index (χ3n) is 2.72. The summed E-state index contributed by atoms with van der Waals surface area (Å²) in [6.45, 7) is 3.98. The van der Waals surface area contributed by atoms with Crippen molar-refractivity contribution in [2.45, 2.75) is 24.9 Å².